The molecule has 0 aromatic rings. The van der Waals surface area contributed by atoms with Gasteiger partial charge in [-0.05, 0) is 32.1 Å². The van der Waals surface area contributed by atoms with Gasteiger partial charge in [-0.2, -0.15) is 0 Å². The molecule has 1 fully saturated rings. The SMILES string of the molecule is CC(C)C(C)S(=O)(=O)CCC1CCCC1=O. The fourth-order valence-corrected chi connectivity index (χ4v) is 3.91. The Morgan fingerprint density at radius 3 is 2.38 bits per heavy atom. The van der Waals surface area contributed by atoms with E-state index in [1.807, 2.05) is 13.8 Å². The zero-order valence-electron chi connectivity index (χ0n) is 10.4. The van der Waals surface area contributed by atoms with Gasteiger partial charge in [0.2, 0.25) is 0 Å². The molecule has 0 aliphatic heterocycles. The Balaban J connectivity index is 2.51. The van der Waals surface area contributed by atoms with Gasteiger partial charge in [0.1, 0.15) is 5.78 Å². The van der Waals surface area contributed by atoms with Crippen molar-refractivity contribution in [2.24, 2.45) is 11.8 Å². The standard InChI is InChI=1S/C12H22O3S/c1-9(2)10(3)16(14,15)8-7-11-5-4-6-12(11)13/h9-11H,4-8H2,1-3H3. The number of sulfone groups is 1. The van der Waals surface area contributed by atoms with E-state index in [1.165, 1.54) is 0 Å². The van der Waals surface area contributed by atoms with Crippen LogP contribution in [0.1, 0.15) is 46.5 Å². The second kappa shape index (κ2) is 5.30. The van der Waals surface area contributed by atoms with E-state index >= 15 is 0 Å². The molecule has 1 rings (SSSR count). The molecule has 0 N–H and O–H groups in total. The van der Waals surface area contributed by atoms with Crippen molar-refractivity contribution < 1.29 is 13.2 Å². The number of carbonyl (C=O) groups is 1. The average Bonchev–Trinajstić information content (AvgIpc) is 2.60. The maximum Gasteiger partial charge on any atom is 0.153 e. The molecule has 2 unspecified atom stereocenters. The molecule has 1 aliphatic rings. The molecule has 0 aromatic carbocycles. The first-order valence-electron chi connectivity index (χ1n) is 6.09. The summed E-state index contributed by atoms with van der Waals surface area (Å²) in [6.45, 7) is 5.60. The second-order valence-corrected chi connectivity index (χ2v) is 7.64. The molecule has 0 radical (unpaired) electrons. The highest BCUT2D eigenvalue weighted by molar-refractivity contribution is 7.92. The van der Waals surface area contributed by atoms with Gasteiger partial charge in [-0.1, -0.05) is 13.8 Å². The van der Waals surface area contributed by atoms with E-state index in [1.54, 1.807) is 6.92 Å². The van der Waals surface area contributed by atoms with Gasteiger partial charge in [-0.25, -0.2) is 8.42 Å². The molecule has 94 valence electrons. The van der Waals surface area contributed by atoms with Crippen molar-refractivity contribution in [3.8, 4) is 0 Å². The van der Waals surface area contributed by atoms with E-state index in [2.05, 4.69) is 0 Å². The van der Waals surface area contributed by atoms with E-state index in [0.29, 0.717) is 12.8 Å². The van der Waals surface area contributed by atoms with E-state index in [9.17, 15) is 13.2 Å². The Hall–Kier alpha value is -0.380. The lowest BCUT2D eigenvalue weighted by molar-refractivity contribution is -0.120. The number of Topliss-reactive ketones (excluding diaryl/α,β-unsaturated/α-hetero) is 1. The minimum Gasteiger partial charge on any atom is -0.299 e. The van der Waals surface area contributed by atoms with Crippen LogP contribution in [-0.2, 0) is 14.6 Å². The summed E-state index contributed by atoms with van der Waals surface area (Å²) in [4.78, 5) is 11.4. The van der Waals surface area contributed by atoms with Gasteiger partial charge in [0.15, 0.2) is 9.84 Å². The highest BCUT2D eigenvalue weighted by Gasteiger charge is 2.29. The highest BCUT2D eigenvalue weighted by Crippen LogP contribution is 2.25. The van der Waals surface area contributed by atoms with Gasteiger partial charge >= 0.3 is 0 Å². The normalized spacial score (nSPS) is 24.0. The average molecular weight is 246 g/mol. The number of ketones is 1. The molecule has 4 heteroatoms. The van der Waals surface area contributed by atoms with Gasteiger partial charge in [0.25, 0.3) is 0 Å². The lowest BCUT2D eigenvalue weighted by Gasteiger charge is -2.17. The lowest BCUT2D eigenvalue weighted by atomic mass is 10.1. The number of carbonyl (C=O) groups excluding carboxylic acids is 1. The maximum absolute atomic E-state index is 11.9. The Labute approximate surface area is 98.5 Å². The second-order valence-electron chi connectivity index (χ2n) is 5.16. The molecule has 16 heavy (non-hydrogen) atoms. The summed E-state index contributed by atoms with van der Waals surface area (Å²) >= 11 is 0. The Bertz CT molecular complexity index is 343. The first kappa shape index (κ1) is 13.7. The van der Waals surface area contributed by atoms with Crippen LogP contribution in [-0.4, -0.2) is 25.2 Å². The molecule has 0 heterocycles. The number of rotatable bonds is 5. The Kier molecular flexibility index (Phi) is 4.53. The van der Waals surface area contributed by atoms with E-state index in [-0.39, 0.29) is 28.6 Å². The van der Waals surface area contributed by atoms with E-state index in [0.717, 1.165) is 12.8 Å². The van der Waals surface area contributed by atoms with Crippen LogP contribution in [0.15, 0.2) is 0 Å². The van der Waals surface area contributed by atoms with Crippen molar-refractivity contribution in [3.05, 3.63) is 0 Å². The molecule has 0 bridgehead atoms. The molecule has 0 spiro atoms. The minimum absolute atomic E-state index is 0.00846. The van der Waals surface area contributed by atoms with Gasteiger partial charge in [-0.3, -0.25) is 4.79 Å². The first-order chi connectivity index (χ1) is 7.34. The summed E-state index contributed by atoms with van der Waals surface area (Å²) in [5.74, 6) is 0.578. The van der Waals surface area contributed by atoms with Gasteiger partial charge < -0.3 is 0 Å². The minimum atomic E-state index is -3.02. The van der Waals surface area contributed by atoms with Crippen LogP contribution < -0.4 is 0 Å². The topological polar surface area (TPSA) is 51.2 Å². The smallest absolute Gasteiger partial charge is 0.153 e. The van der Waals surface area contributed by atoms with E-state index < -0.39 is 9.84 Å². The molecule has 0 aromatic heterocycles. The van der Waals surface area contributed by atoms with Crippen molar-refractivity contribution in [1.29, 1.82) is 0 Å². The summed E-state index contributed by atoms with van der Waals surface area (Å²) in [6, 6.07) is 0. The third-order valence-corrected chi connectivity index (χ3v) is 6.17. The molecule has 2 atom stereocenters. The van der Waals surface area contributed by atoms with Crippen LogP contribution in [0.2, 0.25) is 0 Å². The maximum atomic E-state index is 11.9. The molecule has 0 amide bonds. The zero-order valence-corrected chi connectivity index (χ0v) is 11.2. The molecule has 0 saturated heterocycles. The quantitative estimate of drug-likeness (QED) is 0.747. The van der Waals surface area contributed by atoms with Crippen LogP contribution in [0.3, 0.4) is 0 Å². The molecule has 3 nitrogen and oxygen atoms in total. The summed E-state index contributed by atoms with van der Waals surface area (Å²) in [5.41, 5.74) is 0. The predicted molar refractivity (Wildman–Crippen MR) is 65.1 cm³/mol. The van der Waals surface area contributed by atoms with Crippen molar-refractivity contribution >= 4 is 15.6 Å². The highest BCUT2D eigenvalue weighted by atomic mass is 32.2. The van der Waals surface area contributed by atoms with Crippen molar-refractivity contribution in [1.82, 2.24) is 0 Å². The van der Waals surface area contributed by atoms with Gasteiger partial charge in [-0.15, -0.1) is 0 Å². The first-order valence-corrected chi connectivity index (χ1v) is 7.80. The summed E-state index contributed by atoms with van der Waals surface area (Å²) in [7, 11) is -3.02. The van der Waals surface area contributed by atoms with E-state index in [4.69, 9.17) is 0 Å². The fourth-order valence-electron chi connectivity index (χ4n) is 2.10. The van der Waals surface area contributed by atoms with Crippen LogP contribution in [0.25, 0.3) is 0 Å². The summed E-state index contributed by atoms with van der Waals surface area (Å²) in [6.07, 6.45) is 2.98. The Morgan fingerprint density at radius 2 is 1.94 bits per heavy atom. The monoisotopic (exact) mass is 246 g/mol. The number of hydrogen-bond donors (Lipinski definition) is 0. The van der Waals surface area contributed by atoms with Gasteiger partial charge in [0, 0.05) is 12.3 Å². The molecular formula is C12H22O3S. The summed E-state index contributed by atoms with van der Waals surface area (Å²) < 4.78 is 23.8. The summed E-state index contributed by atoms with van der Waals surface area (Å²) in [5, 5.41) is -0.302. The number of hydrogen-bond acceptors (Lipinski definition) is 3. The van der Waals surface area contributed by atoms with Crippen molar-refractivity contribution in [2.75, 3.05) is 5.75 Å². The Morgan fingerprint density at radius 1 is 1.31 bits per heavy atom. The van der Waals surface area contributed by atoms with Crippen molar-refractivity contribution in [2.45, 2.75) is 51.7 Å². The van der Waals surface area contributed by atoms with Crippen LogP contribution in [0, 0.1) is 11.8 Å². The van der Waals surface area contributed by atoms with Crippen LogP contribution in [0.5, 0.6) is 0 Å². The third-order valence-electron chi connectivity index (χ3n) is 3.69. The van der Waals surface area contributed by atoms with Crippen molar-refractivity contribution in [3.63, 3.8) is 0 Å². The van der Waals surface area contributed by atoms with Crippen LogP contribution in [0.4, 0.5) is 0 Å². The lowest BCUT2D eigenvalue weighted by Crippen LogP contribution is -2.27. The molecule has 1 aliphatic carbocycles. The zero-order chi connectivity index (χ0) is 12.3. The van der Waals surface area contributed by atoms with Gasteiger partial charge in [0.05, 0.1) is 11.0 Å². The largest absolute Gasteiger partial charge is 0.299 e. The molecule has 1 saturated carbocycles. The predicted octanol–water partition coefficient (Wildman–Crippen LogP) is 2.21. The molecular weight excluding hydrogens is 224 g/mol. The third kappa shape index (κ3) is 3.30. The van der Waals surface area contributed by atoms with Crippen LogP contribution >= 0.6 is 0 Å². The fraction of sp³-hybridized carbons (Fsp3) is 0.917.